The number of ether oxygens (including phenoxy) is 1. The number of aliphatic hydroxyl groups is 1. The van der Waals surface area contributed by atoms with Gasteiger partial charge in [0.05, 0.1) is 17.3 Å². The van der Waals surface area contributed by atoms with Gasteiger partial charge in [-0.25, -0.2) is 4.39 Å². The molecule has 0 amide bonds. The first kappa shape index (κ1) is 16.2. The van der Waals surface area contributed by atoms with E-state index in [0.717, 1.165) is 5.69 Å². The number of aliphatic hydroxyl groups excluding tert-OH is 1. The zero-order chi connectivity index (χ0) is 16.0. The number of morpholine rings is 1. The SMILES string of the molecule is Cc1cc(N2CC(C)(C)OC(C)(C)C2)c([C@@H](C)O)cc1F. The van der Waals surface area contributed by atoms with Crippen LogP contribution in [-0.4, -0.2) is 29.4 Å². The highest BCUT2D eigenvalue weighted by atomic mass is 19.1. The Balaban J connectivity index is 2.47. The summed E-state index contributed by atoms with van der Waals surface area (Å²) in [5.74, 6) is -0.276. The summed E-state index contributed by atoms with van der Waals surface area (Å²) in [4.78, 5) is 2.19. The van der Waals surface area contributed by atoms with Crippen molar-refractivity contribution in [1.29, 1.82) is 0 Å². The zero-order valence-corrected chi connectivity index (χ0v) is 13.8. The van der Waals surface area contributed by atoms with E-state index in [9.17, 15) is 9.50 Å². The molecule has 1 aromatic rings. The van der Waals surface area contributed by atoms with E-state index in [1.54, 1.807) is 13.8 Å². The van der Waals surface area contributed by atoms with E-state index < -0.39 is 6.10 Å². The van der Waals surface area contributed by atoms with Gasteiger partial charge >= 0.3 is 0 Å². The fourth-order valence-corrected chi connectivity index (χ4v) is 3.25. The van der Waals surface area contributed by atoms with Crippen LogP contribution in [0.3, 0.4) is 0 Å². The molecular weight excluding hydrogens is 269 g/mol. The van der Waals surface area contributed by atoms with E-state index >= 15 is 0 Å². The lowest BCUT2D eigenvalue weighted by atomic mass is 9.96. The van der Waals surface area contributed by atoms with E-state index in [4.69, 9.17) is 4.74 Å². The van der Waals surface area contributed by atoms with Gasteiger partial charge in [-0.1, -0.05) is 0 Å². The molecule has 1 atom stereocenters. The van der Waals surface area contributed by atoms with Gasteiger partial charge in [0.2, 0.25) is 0 Å². The van der Waals surface area contributed by atoms with Gasteiger partial charge in [-0.15, -0.1) is 0 Å². The maximum absolute atomic E-state index is 13.8. The average molecular weight is 295 g/mol. The molecule has 1 aliphatic heterocycles. The fraction of sp³-hybridized carbons (Fsp3) is 0.647. The third-order valence-corrected chi connectivity index (χ3v) is 3.79. The van der Waals surface area contributed by atoms with Crippen molar-refractivity contribution in [1.82, 2.24) is 0 Å². The molecule has 0 saturated carbocycles. The van der Waals surface area contributed by atoms with Crippen LogP contribution in [0.2, 0.25) is 0 Å². The Hall–Kier alpha value is -1.13. The molecule has 1 fully saturated rings. The summed E-state index contributed by atoms with van der Waals surface area (Å²) < 4.78 is 19.9. The van der Waals surface area contributed by atoms with Crippen LogP contribution in [0.15, 0.2) is 12.1 Å². The Morgan fingerprint density at radius 1 is 1.19 bits per heavy atom. The molecule has 1 aromatic carbocycles. The van der Waals surface area contributed by atoms with Gasteiger partial charge in [0, 0.05) is 24.3 Å². The van der Waals surface area contributed by atoms with Crippen molar-refractivity contribution in [2.45, 2.75) is 58.8 Å². The third-order valence-electron chi connectivity index (χ3n) is 3.79. The molecule has 0 bridgehead atoms. The second-order valence-corrected chi connectivity index (χ2v) is 7.31. The predicted octanol–water partition coefficient (Wildman–Crippen LogP) is 3.58. The molecular formula is C17H26FNO2. The zero-order valence-electron chi connectivity index (χ0n) is 13.8. The third kappa shape index (κ3) is 3.55. The van der Waals surface area contributed by atoms with Crippen molar-refractivity contribution < 1.29 is 14.2 Å². The highest BCUT2D eigenvalue weighted by molar-refractivity contribution is 5.57. The summed E-state index contributed by atoms with van der Waals surface area (Å²) in [5, 5.41) is 9.99. The summed E-state index contributed by atoms with van der Waals surface area (Å²) in [6.07, 6.45) is -0.704. The maximum atomic E-state index is 13.8. The summed E-state index contributed by atoms with van der Waals surface area (Å²) in [7, 11) is 0. The number of halogens is 1. The molecule has 3 nitrogen and oxygen atoms in total. The molecule has 1 N–H and O–H groups in total. The van der Waals surface area contributed by atoms with E-state index in [0.29, 0.717) is 24.2 Å². The first-order valence-corrected chi connectivity index (χ1v) is 7.44. The van der Waals surface area contributed by atoms with E-state index in [2.05, 4.69) is 32.6 Å². The summed E-state index contributed by atoms with van der Waals surface area (Å²) in [6, 6.07) is 3.28. The molecule has 1 saturated heterocycles. The first-order valence-electron chi connectivity index (χ1n) is 7.44. The summed E-state index contributed by atoms with van der Waals surface area (Å²) in [5.41, 5.74) is 1.54. The molecule has 1 heterocycles. The van der Waals surface area contributed by atoms with Gasteiger partial charge in [0.15, 0.2) is 0 Å². The van der Waals surface area contributed by atoms with Crippen molar-refractivity contribution >= 4 is 5.69 Å². The Labute approximate surface area is 126 Å². The second-order valence-electron chi connectivity index (χ2n) is 7.31. The molecule has 118 valence electrons. The molecule has 21 heavy (non-hydrogen) atoms. The largest absolute Gasteiger partial charge is 0.389 e. The Kier molecular flexibility index (Phi) is 4.06. The van der Waals surface area contributed by atoms with Crippen LogP contribution < -0.4 is 4.90 Å². The van der Waals surface area contributed by atoms with E-state index in [-0.39, 0.29) is 17.0 Å². The number of benzene rings is 1. The second kappa shape index (κ2) is 5.25. The van der Waals surface area contributed by atoms with Gasteiger partial charge in [0.25, 0.3) is 0 Å². The Morgan fingerprint density at radius 2 is 1.71 bits per heavy atom. The summed E-state index contributed by atoms with van der Waals surface area (Å²) >= 11 is 0. The lowest BCUT2D eigenvalue weighted by molar-refractivity contribution is -0.133. The smallest absolute Gasteiger partial charge is 0.126 e. The van der Waals surface area contributed by atoms with E-state index in [1.807, 2.05) is 6.07 Å². The normalized spacial score (nSPS) is 22.2. The van der Waals surface area contributed by atoms with Gasteiger partial charge < -0.3 is 14.7 Å². The molecule has 4 heteroatoms. The monoisotopic (exact) mass is 295 g/mol. The number of rotatable bonds is 2. The van der Waals surface area contributed by atoms with Gasteiger partial charge in [-0.05, 0) is 59.2 Å². The molecule has 0 unspecified atom stereocenters. The van der Waals surface area contributed by atoms with Crippen LogP contribution in [0.25, 0.3) is 0 Å². The Bertz CT molecular complexity index is 522. The van der Waals surface area contributed by atoms with Crippen LogP contribution >= 0.6 is 0 Å². The predicted molar refractivity (Wildman–Crippen MR) is 83.2 cm³/mol. The van der Waals surface area contributed by atoms with Crippen LogP contribution in [0.5, 0.6) is 0 Å². The number of hydrogen-bond acceptors (Lipinski definition) is 3. The van der Waals surface area contributed by atoms with Crippen LogP contribution in [0, 0.1) is 12.7 Å². The number of hydrogen-bond donors (Lipinski definition) is 1. The average Bonchev–Trinajstić information content (AvgIpc) is 2.27. The number of nitrogens with zero attached hydrogens (tertiary/aromatic N) is 1. The molecule has 0 aromatic heterocycles. The van der Waals surface area contributed by atoms with Crippen molar-refractivity contribution in [2.75, 3.05) is 18.0 Å². The molecule has 0 radical (unpaired) electrons. The lowest BCUT2D eigenvalue weighted by Crippen LogP contribution is -2.57. The Morgan fingerprint density at radius 3 is 2.19 bits per heavy atom. The summed E-state index contributed by atoms with van der Waals surface area (Å²) in [6.45, 7) is 13.1. The highest BCUT2D eigenvalue weighted by Gasteiger charge is 2.39. The van der Waals surface area contributed by atoms with Gasteiger partial charge in [-0.2, -0.15) is 0 Å². The van der Waals surface area contributed by atoms with Crippen LogP contribution in [-0.2, 0) is 4.74 Å². The molecule has 2 rings (SSSR count). The molecule has 0 spiro atoms. The van der Waals surface area contributed by atoms with Crippen LogP contribution in [0.4, 0.5) is 10.1 Å². The quantitative estimate of drug-likeness (QED) is 0.905. The van der Waals surface area contributed by atoms with Crippen molar-refractivity contribution in [3.8, 4) is 0 Å². The van der Waals surface area contributed by atoms with Crippen molar-refractivity contribution in [3.05, 3.63) is 29.1 Å². The maximum Gasteiger partial charge on any atom is 0.126 e. The molecule has 0 aliphatic carbocycles. The fourth-order valence-electron chi connectivity index (χ4n) is 3.25. The topological polar surface area (TPSA) is 32.7 Å². The van der Waals surface area contributed by atoms with Crippen molar-refractivity contribution in [2.24, 2.45) is 0 Å². The van der Waals surface area contributed by atoms with Crippen molar-refractivity contribution in [3.63, 3.8) is 0 Å². The minimum absolute atomic E-state index is 0.276. The lowest BCUT2D eigenvalue weighted by Gasteiger charge is -2.48. The first-order chi connectivity index (χ1) is 9.51. The highest BCUT2D eigenvalue weighted by Crippen LogP contribution is 2.36. The van der Waals surface area contributed by atoms with Crippen LogP contribution in [0.1, 0.15) is 51.8 Å². The number of aryl methyl sites for hydroxylation is 1. The number of anilines is 1. The van der Waals surface area contributed by atoms with E-state index in [1.165, 1.54) is 6.07 Å². The van der Waals surface area contributed by atoms with Gasteiger partial charge in [0.1, 0.15) is 5.82 Å². The standard InChI is InChI=1S/C17H26FNO2/c1-11-7-15(13(12(2)20)8-14(11)18)19-9-16(3,4)21-17(5,6)10-19/h7-8,12,20H,9-10H2,1-6H3/t12-/m1/s1. The minimum atomic E-state index is -0.704. The minimum Gasteiger partial charge on any atom is -0.389 e. The van der Waals surface area contributed by atoms with Gasteiger partial charge in [-0.3, -0.25) is 0 Å². The molecule has 1 aliphatic rings.